The molecule has 0 aliphatic heterocycles. The van der Waals surface area contributed by atoms with Crippen molar-refractivity contribution in [3.05, 3.63) is 65.2 Å². The summed E-state index contributed by atoms with van der Waals surface area (Å²) in [6.07, 6.45) is 0.794. The summed E-state index contributed by atoms with van der Waals surface area (Å²) in [5.74, 6) is 0.840. The van der Waals surface area contributed by atoms with Gasteiger partial charge in [-0.05, 0) is 36.6 Å². The van der Waals surface area contributed by atoms with E-state index in [2.05, 4.69) is 10.6 Å². The number of ether oxygens (including phenoxy) is 1. The predicted molar refractivity (Wildman–Crippen MR) is 88.1 cm³/mol. The average Bonchev–Trinajstić information content (AvgIpc) is 2.55. The highest BCUT2D eigenvalue weighted by Gasteiger charge is 2.01. The second-order valence-corrected chi connectivity index (χ2v) is 5.19. The zero-order chi connectivity index (χ0) is 15.8. The molecule has 0 saturated carbocycles. The van der Waals surface area contributed by atoms with Crippen LogP contribution in [0, 0.1) is 6.92 Å². The van der Waals surface area contributed by atoms with E-state index >= 15 is 0 Å². The lowest BCUT2D eigenvalue weighted by Gasteiger charge is -2.08. The molecule has 2 N–H and O–H groups in total. The number of nitrogens with one attached hydrogen (secondary N) is 2. The number of aryl methyl sites for hydroxylation is 1. The molecule has 0 saturated heterocycles. The van der Waals surface area contributed by atoms with Crippen LogP contribution in [0.3, 0.4) is 0 Å². The Bertz CT molecular complexity index is 591. The molecule has 22 heavy (non-hydrogen) atoms. The smallest absolute Gasteiger partial charge is 0.315 e. The van der Waals surface area contributed by atoms with Crippen LogP contribution in [0.5, 0.6) is 5.75 Å². The van der Waals surface area contributed by atoms with Crippen molar-refractivity contribution in [2.75, 3.05) is 13.7 Å². The van der Waals surface area contributed by atoms with Gasteiger partial charge < -0.3 is 15.4 Å². The maximum absolute atomic E-state index is 11.7. The van der Waals surface area contributed by atoms with Gasteiger partial charge in [-0.2, -0.15) is 0 Å². The lowest BCUT2D eigenvalue weighted by molar-refractivity contribution is 0.240. The molecule has 0 fully saturated rings. The number of methoxy groups -OCH3 is 1. The Morgan fingerprint density at radius 3 is 2.23 bits per heavy atom. The Labute approximate surface area is 131 Å². The molecular formula is C18H22N2O2. The van der Waals surface area contributed by atoms with Gasteiger partial charge in [0.2, 0.25) is 0 Å². The molecule has 0 heterocycles. The van der Waals surface area contributed by atoms with Crippen molar-refractivity contribution in [3.8, 4) is 5.75 Å². The molecule has 0 spiro atoms. The Morgan fingerprint density at radius 1 is 0.955 bits per heavy atom. The molecule has 0 aliphatic rings. The minimum absolute atomic E-state index is 0.144. The second kappa shape index (κ2) is 8.08. The first-order valence-electron chi connectivity index (χ1n) is 7.37. The molecule has 2 rings (SSSR count). The van der Waals surface area contributed by atoms with Crippen LogP contribution in [0.2, 0.25) is 0 Å². The van der Waals surface area contributed by atoms with Crippen molar-refractivity contribution >= 4 is 6.03 Å². The maximum atomic E-state index is 11.7. The molecule has 2 aromatic carbocycles. The Morgan fingerprint density at radius 2 is 1.59 bits per heavy atom. The predicted octanol–water partition coefficient (Wildman–Crippen LogP) is 3.05. The number of rotatable bonds is 6. The summed E-state index contributed by atoms with van der Waals surface area (Å²) < 4.78 is 5.11. The van der Waals surface area contributed by atoms with E-state index in [-0.39, 0.29) is 6.03 Å². The molecule has 0 aliphatic carbocycles. The van der Waals surface area contributed by atoms with Crippen LogP contribution < -0.4 is 15.4 Å². The highest BCUT2D eigenvalue weighted by atomic mass is 16.5. The van der Waals surface area contributed by atoms with Gasteiger partial charge in [-0.3, -0.25) is 0 Å². The maximum Gasteiger partial charge on any atom is 0.315 e. The lowest BCUT2D eigenvalue weighted by Crippen LogP contribution is -2.36. The van der Waals surface area contributed by atoms with E-state index in [1.807, 2.05) is 55.5 Å². The largest absolute Gasteiger partial charge is 0.497 e. The molecular weight excluding hydrogens is 276 g/mol. The second-order valence-electron chi connectivity index (χ2n) is 5.19. The highest BCUT2D eigenvalue weighted by Crippen LogP contribution is 2.11. The number of carbonyl (C=O) groups is 1. The third-order valence-corrected chi connectivity index (χ3v) is 3.43. The van der Waals surface area contributed by atoms with Gasteiger partial charge >= 0.3 is 6.03 Å². The topological polar surface area (TPSA) is 50.4 Å². The van der Waals surface area contributed by atoms with Gasteiger partial charge in [0.15, 0.2) is 0 Å². The summed E-state index contributed by atoms with van der Waals surface area (Å²) in [6, 6.07) is 15.8. The first kappa shape index (κ1) is 15.9. The van der Waals surface area contributed by atoms with Gasteiger partial charge in [-0.25, -0.2) is 4.79 Å². The number of benzene rings is 2. The van der Waals surface area contributed by atoms with Crippen molar-refractivity contribution in [3.63, 3.8) is 0 Å². The summed E-state index contributed by atoms with van der Waals surface area (Å²) in [7, 11) is 1.65. The van der Waals surface area contributed by atoms with Gasteiger partial charge in [-0.1, -0.05) is 42.0 Å². The Balaban J connectivity index is 1.67. The van der Waals surface area contributed by atoms with Gasteiger partial charge in [0, 0.05) is 13.1 Å². The fourth-order valence-corrected chi connectivity index (χ4v) is 2.06. The highest BCUT2D eigenvalue weighted by molar-refractivity contribution is 5.73. The van der Waals surface area contributed by atoms with Crippen LogP contribution in [-0.2, 0) is 13.0 Å². The van der Waals surface area contributed by atoms with Gasteiger partial charge in [0.25, 0.3) is 0 Å². The van der Waals surface area contributed by atoms with E-state index in [0.29, 0.717) is 13.1 Å². The molecule has 0 aromatic heterocycles. The third kappa shape index (κ3) is 5.13. The minimum Gasteiger partial charge on any atom is -0.497 e. The molecule has 2 aromatic rings. The number of hydrogen-bond donors (Lipinski definition) is 2. The molecule has 4 nitrogen and oxygen atoms in total. The Kier molecular flexibility index (Phi) is 5.83. The first-order chi connectivity index (χ1) is 10.7. The van der Waals surface area contributed by atoms with E-state index in [1.165, 1.54) is 11.1 Å². The van der Waals surface area contributed by atoms with Crippen molar-refractivity contribution in [2.45, 2.75) is 19.9 Å². The van der Waals surface area contributed by atoms with E-state index in [9.17, 15) is 4.79 Å². The molecule has 0 unspecified atom stereocenters. The Hall–Kier alpha value is -2.49. The number of hydrogen-bond acceptors (Lipinski definition) is 2. The number of amides is 2. The van der Waals surface area contributed by atoms with Crippen LogP contribution in [-0.4, -0.2) is 19.7 Å². The van der Waals surface area contributed by atoms with E-state index in [1.54, 1.807) is 7.11 Å². The fraction of sp³-hybridized carbons (Fsp3) is 0.278. The zero-order valence-electron chi connectivity index (χ0n) is 13.1. The van der Waals surface area contributed by atoms with E-state index in [4.69, 9.17) is 4.74 Å². The number of carbonyl (C=O) groups excluding carboxylic acids is 1. The van der Waals surface area contributed by atoms with Crippen molar-refractivity contribution in [2.24, 2.45) is 0 Å². The van der Waals surface area contributed by atoms with Crippen LogP contribution in [0.4, 0.5) is 4.79 Å². The monoisotopic (exact) mass is 298 g/mol. The molecule has 0 atom stereocenters. The molecule has 0 bridgehead atoms. The summed E-state index contributed by atoms with van der Waals surface area (Å²) in [5, 5.41) is 5.71. The summed E-state index contributed by atoms with van der Waals surface area (Å²) in [5.41, 5.74) is 3.48. The van der Waals surface area contributed by atoms with Gasteiger partial charge in [-0.15, -0.1) is 0 Å². The molecule has 0 radical (unpaired) electrons. The minimum atomic E-state index is -0.144. The zero-order valence-corrected chi connectivity index (χ0v) is 13.1. The molecule has 116 valence electrons. The van der Waals surface area contributed by atoms with E-state index in [0.717, 1.165) is 17.7 Å². The first-order valence-corrected chi connectivity index (χ1v) is 7.37. The quantitative estimate of drug-likeness (QED) is 0.861. The standard InChI is InChI=1S/C18H22N2O2/c1-14-3-5-16(6-4-14)13-20-18(21)19-12-11-15-7-9-17(22-2)10-8-15/h3-10H,11-13H2,1-2H3,(H2,19,20,21). The van der Waals surface area contributed by atoms with Crippen molar-refractivity contribution in [1.82, 2.24) is 10.6 Å². The van der Waals surface area contributed by atoms with Crippen molar-refractivity contribution < 1.29 is 9.53 Å². The van der Waals surface area contributed by atoms with Gasteiger partial charge in [0.05, 0.1) is 7.11 Å². The molecule has 2 amide bonds. The van der Waals surface area contributed by atoms with Crippen LogP contribution in [0.25, 0.3) is 0 Å². The SMILES string of the molecule is COc1ccc(CCNC(=O)NCc2ccc(C)cc2)cc1. The van der Waals surface area contributed by atoms with E-state index < -0.39 is 0 Å². The van der Waals surface area contributed by atoms with Gasteiger partial charge in [0.1, 0.15) is 5.75 Å². The summed E-state index contributed by atoms with van der Waals surface area (Å²) >= 11 is 0. The van der Waals surface area contributed by atoms with Crippen molar-refractivity contribution in [1.29, 1.82) is 0 Å². The number of urea groups is 1. The molecule has 4 heteroatoms. The summed E-state index contributed by atoms with van der Waals surface area (Å²) in [4.78, 5) is 11.7. The van der Waals surface area contributed by atoms with Crippen LogP contribution >= 0.6 is 0 Å². The fourth-order valence-electron chi connectivity index (χ4n) is 2.06. The average molecular weight is 298 g/mol. The summed E-state index contributed by atoms with van der Waals surface area (Å²) in [6.45, 7) is 3.18. The van der Waals surface area contributed by atoms with Crippen LogP contribution in [0.1, 0.15) is 16.7 Å². The van der Waals surface area contributed by atoms with Crippen LogP contribution in [0.15, 0.2) is 48.5 Å². The lowest BCUT2D eigenvalue weighted by atomic mass is 10.1. The third-order valence-electron chi connectivity index (χ3n) is 3.43. The normalized spacial score (nSPS) is 10.1.